The molecule has 0 saturated carbocycles. The van der Waals surface area contributed by atoms with Gasteiger partial charge in [0, 0.05) is 0 Å². The number of ether oxygens (including phenoxy) is 1. The molecule has 0 fully saturated rings. The second-order valence-electron chi connectivity index (χ2n) is 3.99. The van der Waals surface area contributed by atoms with Crippen molar-refractivity contribution >= 4 is 11.9 Å². The van der Waals surface area contributed by atoms with E-state index in [1.165, 1.54) is 7.11 Å². The Balaban J connectivity index is 3.02. The van der Waals surface area contributed by atoms with Crippen LogP contribution in [0.2, 0.25) is 0 Å². The predicted molar refractivity (Wildman–Crippen MR) is 62.8 cm³/mol. The van der Waals surface area contributed by atoms with Crippen LogP contribution in [0.5, 0.6) is 0 Å². The number of methoxy groups -OCH3 is 1. The van der Waals surface area contributed by atoms with Crippen LogP contribution >= 0.6 is 0 Å². The summed E-state index contributed by atoms with van der Waals surface area (Å²) in [5, 5.41) is 9.02. The number of rotatable bonds is 4. The van der Waals surface area contributed by atoms with E-state index in [1.807, 2.05) is 32.0 Å². The van der Waals surface area contributed by atoms with E-state index in [0.717, 1.165) is 16.7 Å². The number of carbonyl (C=O) groups excluding carboxylic acids is 1. The van der Waals surface area contributed by atoms with Gasteiger partial charge in [-0.15, -0.1) is 0 Å². The van der Waals surface area contributed by atoms with Crippen LogP contribution in [0.15, 0.2) is 18.2 Å². The molecule has 1 N–H and O–H groups in total. The molecular formula is C13H16O4. The molecule has 0 radical (unpaired) electrons. The first kappa shape index (κ1) is 13.2. The van der Waals surface area contributed by atoms with Gasteiger partial charge in [-0.2, -0.15) is 0 Å². The lowest BCUT2D eigenvalue weighted by molar-refractivity contribution is -0.156. The van der Waals surface area contributed by atoms with E-state index in [2.05, 4.69) is 4.74 Å². The van der Waals surface area contributed by atoms with Crippen LogP contribution in [0, 0.1) is 19.8 Å². The van der Waals surface area contributed by atoms with Gasteiger partial charge in [-0.05, 0) is 37.0 Å². The van der Waals surface area contributed by atoms with Crippen molar-refractivity contribution in [3.8, 4) is 0 Å². The molecule has 1 aromatic rings. The molecule has 0 aliphatic heterocycles. The van der Waals surface area contributed by atoms with Gasteiger partial charge >= 0.3 is 11.9 Å². The molecule has 1 atom stereocenters. The highest BCUT2D eigenvalue weighted by atomic mass is 16.5. The molecule has 0 saturated heterocycles. The van der Waals surface area contributed by atoms with Crippen LogP contribution in [-0.4, -0.2) is 24.2 Å². The maximum atomic E-state index is 11.4. The van der Waals surface area contributed by atoms with Crippen LogP contribution in [0.4, 0.5) is 0 Å². The molecule has 17 heavy (non-hydrogen) atoms. The highest BCUT2D eigenvalue weighted by Gasteiger charge is 2.28. The van der Waals surface area contributed by atoms with Crippen molar-refractivity contribution in [2.24, 2.45) is 5.92 Å². The molecule has 0 amide bonds. The Morgan fingerprint density at radius 2 is 1.82 bits per heavy atom. The van der Waals surface area contributed by atoms with Crippen LogP contribution in [0.3, 0.4) is 0 Å². The number of benzene rings is 1. The fourth-order valence-corrected chi connectivity index (χ4v) is 1.79. The molecule has 0 heterocycles. The average Bonchev–Trinajstić information content (AvgIpc) is 2.27. The van der Waals surface area contributed by atoms with Crippen molar-refractivity contribution in [2.45, 2.75) is 20.3 Å². The molecule has 0 aliphatic carbocycles. The van der Waals surface area contributed by atoms with Crippen molar-refractivity contribution < 1.29 is 19.4 Å². The predicted octanol–water partition coefficient (Wildman–Crippen LogP) is 1.72. The first-order valence-corrected chi connectivity index (χ1v) is 5.33. The van der Waals surface area contributed by atoms with Gasteiger partial charge in [0.15, 0.2) is 5.92 Å². The van der Waals surface area contributed by atoms with E-state index in [9.17, 15) is 9.59 Å². The zero-order valence-electron chi connectivity index (χ0n) is 10.2. The zero-order chi connectivity index (χ0) is 13.0. The number of hydrogen-bond acceptors (Lipinski definition) is 3. The summed E-state index contributed by atoms with van der Waals surface area (Å²) in [6.45, 7) is 3.80. The quantitative estimate of drug-likeness (QED) is 0.638. The molecule has 92 valence electrons. The van der Waals surface area contributed by atoms with Gasteiger partial charge in [0.05, 0.1) is 7.11 Å². The van der Waals surface area contributed by atoms with Crippen molar-refractivity contribution in [1.29, 1.82) is 0 Å². The van der Waals surface area contributed by atoms with E-state index in [0.29, 0.717) is 0 Å². The molecule has 0 bridgehead atoms. The first-order valence-electron chi connectivity index (χ1n) is 5.33. The van der Waals surface area contributed by atoms with Crippen LogP contribution in [0.1, 0.15) is 16.7 Å². The van der Waals surface area contributed by atoms with Gasteiger partial charge in [-0.25, -0.2) is 0 Å². The highest BCUT2D eigenvalue weighted by Crippen LogP contribution is 2.18. The monoisotopic (exact) mass is 236 g/mol. The molecule has 1 unspecified atom stereocenters. The summed E-state index contributed by atoms with van der Waals surface area (Å²) in [5.74, 6) is -3.00. The van der Waals surface area contributed by atoms with Gasteiger partial charge < -0.3 is 9.84 Å². The third-order valence-electron chi connectivity index (χ3n) is 2.84. The molecule has 0 spiro atoms. The minimum Gasteiger partial charge on any atom is -0.481 e. The lowest BCUT2D eigenvalue weighted by atomic mass is 9.93. The Hall–Kier alpha value is -1.84. The third-order valence-corrected chi connectivity index (χ3v) is 2.84. The van der Waals surface area contributed by atoms with Crippen LogP contribution < -0.4 is 0 Å². The maximum Gasteiger partial charge on any atom is 0.320 e. The van der Waals surface area contributed by atoms with Gasteiger partial charge in [0.1, 0.15) is 0 Å². The third kappa shape index (κ3) is 3.06. The fraction of sp³-hybridized carbons (Fsp3) is 0.385. The van der Waals surface area contributed by atoms with E-state index in [1.54, 1.807) is 0 Å². The van der Waals surface area contributed by atoms with Crippen molar-refractivity contribution in [1.82, 2.24) is 0 Å². The van der Waals surface area contributed by atoms with E-state index >= 15 is 0 Å². The molecule has 1 rings (SSSR count). The summed E-state index contributed by atoms with van der Waals surface area (Å²) in [7, 11) is 1.20. The van der Waals surface area contributed by atoms with Gasteiger partial charge in [0.2, 0.25) is 0 Å². The summed E-state index contributed by atoms with van der Waals surface area (Å²) in [4.78, 5) is 22.4. The lowest BCUT2D eigenvalue weighted by Crippen LogP contribution is -2.27. The van der Waals surface area contributed by atoms with Crippen molar-refractivity contribution in [3.63, 3.8) is 0 Å². The first-order chi connectivity index (χ1) is 7.97. The Morgan fingerprint density at radius 3 is 2.24 bits per heavy atom. The molecule has 1 aromatic carbocycles. The van der Waals surface area contributed by atoms with Crippen LogP contribution in [0.25, 0.3) is 0 Å². The summed E-state index contributed by atoms with van der Waals surface area (Å²) in [5.41, 5.74) is 2.87. The van der Waals surface area contributed by atoms with E-state index < -0.39 is 17.9 Å². The number of esters is 1. The topological polar surface area (TPSA) is 63.6 Å². The van der Waals surface area contributed by atoms with Crippen molar-refractivity contribution in [2.75, 3.05) is 7.11 Å². The SMILES string of the molecule is COC(=O)C(Cc1c(C)cccc1C)C(=O)O. The normalized spacial score (nSPS) is 11.9. The molecule has 0 aliphatic rings. The standard InChI is InChI=1S/C13H16O4/c1-8-5-4-6-9(2)10(8)7-11(12(14)15)13(16)17-3/h4-6,11H,7H2,1-3H3,(H,14,15). The van der Waals surface area contributed by atoms with E-state index in [4.69, 9.17) is 5.11 Å². The lowest BCUT2D eigenvalue weighted by Gasteiger charge is -2.14. The zero-order valence-corrected chi connectivity index (χ0v) is 10.2. The number of aliphatic carboxylic acids is 1. The smallest absolute Gasteiger partial charge is 0.320 e. The average molecular weight is 236 g/mol. The summed E-state index contributed by atoms with van der Waals surface area (Å²) in [6.07, 6.45) is 0.167. The van der Waals surface area contributed by atoms with Gasteiger partial charge in [-0.3, -0.25) is 9.59 Å². The number of hydrogen-bond donors (Lipinski definition) is 1. The molecular weight excluding hydrogens is 220 g/mol. The molecule has 4 heteroatoms. The summed E-state index contributed by atoms with van der Waals surface area (Å²) in [6, 6.07) is 5.71. The maximum absolute atomic E-state index is 11.4. The Bertz CT molecular complexity index is 417. The second-order valence-corrected chi connectivity index (χ2v) is 3.99. The highest BCUT2D eigenvalue weighted by molar-refractivity contribution is 5.94. The fourth-order valence-electron chi connectivity index (χ4n) is 1.79. The molecule has 0 aromatic heterocycles. The summed E-state index contributed by atoms with van der Waals surface area (Å²) < 4.78 is 4.51. The van der Waals surface area contributed by atoms with Crippen molar-refractivity contribution in [3.05, 3.63) is 34.9 Å². The minimum atomic E-state index is -1.15. The van der Waals surface area contributed by atoms with Gasteiger partial charge in [0.25, 0.3) is 0 Å². The summed E-state index contributed by atoms with van der Waals surface area (Å²) >= 11 is 0. The van der Waals surface area contributed by atoms with E-state index in [-0.39, 0.29) is 6.42 Å². The molecule has 4 nitrogen and oxygen atoms in total. The van der Waals surface area contributed by atoms with Gasteiger partial charge in [-0.1, -0.05) is 18.2 Å². The number of carboxylic acids is 1. The number of aryl methyl sites for hydroxylation is 2. The number of carbonyl (C=O) groups is 2. The largest absolute Gasteiger partial charge is 0.481 e. The Kier molecular flexibility index (Phi) is 4.26. The Labute approximate surface area is 100 Å². The minimum absolute atomic E-state index is 0.167. The second kappa shape index (κ2) is 5.48. The number of carboxylic acid groups (broad SMARTS) is 1. The van der Waals surface area contributed by atoms with Crippen LogP contribution in [-0.2, 0) is 20.7 Å². The Morgan fingerprint density at radius 1 is 1.29 bits per heavy atom.